The van der Waals surface area contributed by atoms with Crippen molar-refractivity contribution in [2.75, 3.05) is 0 Å². The highest BCUT2D eigenvalue weighted by Crippen LogP contribution is 2.31. The second-order valence-electron chi connectivity index (χ2n) is 6.96. The SMILES string of the molecule is CCCCCc1ccc(O)c(CCCCC)c1-n1nc2ccccc2n1. The maximum atomic E-state index is 10.6. The highest BCUT2D eigenvalue weighted by molar-refractivity contribution is 5.73. The van der Waals surface area contributed by atoms with Crippen LogP contribution in [0.2, 0.25) is 0 Å². The van der Waals surface area contributed by atoms with E-state index in [1.807, 2.05) is 36.4 Å². The first-order chi connectivity index (χ1) is 12.7. The third-order valence-electron chi connectivity index (χ3n) is 4.91. The van der Waals surface area contributed by atoms with Gasteiger partial charge in [-0.05, 0) is 49.4 Å². The van der Waals surface area contributed by atoms with Crippen molar-refractivity contribution in [2.45, 2.75) is 65.2 Å². The second kappa shape index (κ2) is 8.84. The molecule has 0 aliphatic carbocycles. The molecule has 0 amide bonds. The monoisotopic (exact) mass is 351 g/mol. The van der Waals surface area contributed by atoms with Crippen LogP contribution in [-0.2, 0) is 12.8 Å². The Balaban J connectivity index is 2.06. The maximum absolute atomic E-state index is 10.6. The summed E-state index contributed by atoms with van der Waals surface area (Å²) in [6, 6.07) is 11.8. The van der Waals surface area contributed by atoms with E-state index in [0.717, 1.165) is 60.8 Å². The van der Waals surface area contributed by atoms with Crippen molar-refractivity contribution in [1.29, 1.82) is 0 Å². The molecule has 0 bridgehead atoms. The maximum Gasteiger partial charge on any atom is 0.121 e. The average molecular weight is 351 g/mol. The molecule has 2 aromatic carbocycles. The third-order valence-corrected chi connectivity index (χ3v) is 4.91. The van der Waals surface area contributed by atoms with Crippen LogP contribution >= 0.6 is 0 Å². The van der Waals surface area contributed by atoms with Crippen LogP contribution in [-0.4, -0.2) is 20.1 Å². The zero-order valence-electron chi connectivity index (χ0n) is 15.9. The van der Waals surface area contributed by atoms with E-state index in [2.05, 4.69) is 13.8 Å². The number of aromatic nitrogens is 3. The number of hydrogen-bond acceptors (Lipinski definition) is 3. The smallest absolute Gasteiger partial charge is 0.121 e. The second-order valence-corrected chi connectivity index (χ2v) is 6.96. The molecule has 0 aliphatic rings. The Bertz CT molecular complexity index is 821. The fourth-order valence-electron chi connectivity index (χ4n) is 3.45. The lowest BCUT2D eigenvalue weighted by molar-refractivity contribution is 0.464. The van der Waals surface area contributed by atoms with Crippen molar-refractivity contribution >= 4 is 11.0 Å². The highest BCUT2D eigenvalue weighted by Gasteiger charge is 2.17. The number of phenols is 1. The van der Waals surface area contributed by atoms with Gasteiger partial charge >= 0.3 is 0 Å². The summed E-state index contributed by atoms with van der Waals surface area (Å²) in [6.07, 6.45) is 8.78. The molecule has 4 heteroatoms. The molecule has 1 aromatic heterocycles. The van der Waals surface area contributed by atoms with Crippen LogP contribution in [0.15, 0.2) is 36.4 Å². The van der Waals surface area contributed by atoms with Crippen molar-refractivity contribution < 1.29 is 5.11 Å². The van der Waals surface area contributed by atoms with Gasteiger partial charge in [-0.3, -0.25) is 0 Å². The number of hydrogen-bond donors (Lipinski definition) is 1. The van der Waals surface area contributed by atoms with Crippen LogP contribution in [0, 0.1) is 0 Å². The molecule has 0 atom stereocenters. The lowest BCUT2D eigenvalue weighted by Crippen LogP contribution is -2.08. The standard InChI is InChI=1S/C22H29N3O/c1-3-5-7-11-17-15-16-21(26)18(12-8-6-4-2)22(17)25-23-19-13-9-10-14-20(19)24-25/h9-10,13-16,26H,3-8,11-12H2,1-2H3. The summed E-state index contributed by atoms with van der Waals surface area (Å²) in [4.78, 5) is 1.74. The van der Waals surface area contributed by atoms with Gasteiger partial charge < -0.3 is 5.11 Å². The molecule has 3 rings (SSSR count). The molecule has 138 valence electrons. The number of aromatic hydroxyl groups is 1. The van der Waals surface area contributed by atoms with Gasteiger partial charge in [-0.2, -0.15) is 0 Å². The average Bonchev–Trinajstić information content (AvgIpc) is 3.08. The lowest BCUT2D eigenvalue weighted by atomic mass is 9.97. The Morgan fingerprint density at radius 3 is 2.04 bits per heavy atom. The molecule has 0 saturated carbocycles. The third kappa shape index (κ3) is 4.06. The summed E-state index contributed by atoms with van der Waals surface area (Å²) in [5.41, 5.74) is 4.95. The van der Waals surface area contributed by atoms with Gasteiger partial charge in [0.1, 0.15) is 16.8 Å². The first kappa shape index (κ1) is 18.4. The van der Waals surface area contributed by atoms with E-state index in [-0.39, 0.29) is 0 Å². The normalized spacial score (nSPS) is 11.3. The molecule has 1 N–H and O–H groups in total. The molecule has 0 radical (unpaired) electrons. The topological polar surface area (TPSA) is 50.9 Å². The number of phenolic OH excluding ortho intramolecular Hbond substituents is 1. The first-order valence-corrected chi connectivity index (χ1v) is 9.90. The molecule has 4 nitrogen and oxygen atoms in total. The van der Waals surface area contributed by atoms with Crippen molar-refractivity contribution in [1.82, 2.24) is 15.0 Å². The summed E-state index contributed by atoms with van der Waals surface area (Å²) in [7, 11) is 0. The predicted octanol–water partition coefficient (Wildman–Crippen LogP) is 5.59. The van der Waals surface area contributed by atoms with Gasteiger partial charge in [0.05, 0.1) is 5.69 Å². The van der Waals surface area contributed by atoms with Crippen molar-refractivity contribution in [3.05, 3.63) is 47.5 Å². The van der Waals surface area contributed by atoms with E-state index in [9.17, 15) is 5.11 Å². The van der Waals surface area contributed by atoms with E-state index in [1.165, 1.54) is 18.4 Å². The summed E-state index contributed by atoms with van der Waals surface area (Å²) in [5.74, 6) is 0.358. The Morgan fingerprint density at radius 2 is 1.42 bits per heavy atom. The summed E-state index contributed by atoms with van der Waals surface area (Å²) < 4.78 is 0. The molecule has 26 heavy (non-hydrogen) atoms. The Morgan fingerprint density at radius 1 is 0.808 bits per heavy atom. The Kier molecular flexibility index (Phi) is 6.26. The molecule has 0 spiro atoms. The van der Waals surface area contributed by atoms with Gasteiger partial charge in [-0.15, -0.1) is 15.0 Å². The summed E-state index contributed by atoms with van der Waals surface area (Å²) >= 11 is 0. The molecule has 1 heterocycles. The van der Waals surface area contributed by atoms with E-state index in [0.29, 0.717) is 5.75 Å². The number of unbranched alkanes of at least 4 members (excludes halogenated alkanes) is 4. The van der Waals surface area contributed by atoms with Gasteiger partial charge in [0, 0.05) is 5.56 Å². The summed E-state index contributed by atoms with van der Waals surface area (Å²) in [5, 5.41) is 19.9. The van der Waals surface area contributed by atoms with E-state index in [4.69, 9.17) is 10.2 Å². The fraction of sp³-hybridized carbons (Fsp3) is 0.455. The quantitative estimate of drug-likeness (QED) is 0.511. The predicted molar refractivity (Wildman–Crippen MR) is 107 cm³/mol. The van der Waals surface area contributed by atoms with Gasteiger partial charge in [0.25, 0.3) is 0 Å². The minimum absolute atomic E-state index is 0.358. The lowest BCUT2D eigenvalue weighted by Gasteiger charge is -2.15. The molecular weight excluding hydrogens is 322 g/mol. The fourth-order valence-corrected chi connectivity index (χ4v) is 3.45. The highest BCUT2D eigenvalue weighted by atomic mass is 16.3. The number of benzene rings is 2. The van der Waals surface area contributed by atoms with Crippen LogP contribution in [0.4, 0.5) is 0 Å². The summed E-state index contributed by atoms with van der Waals surface area (Å²) in [6.45, 7) is 4.42. The van der Waals surface area contributed by atoms with Crippen molar-refractivity contribution in [3.8, 4) is 11.4 Å². The van der Waals surface area contributed by atoms with Crippen LogP contribution in [0.25, 0.3) is 16.7 Å². The van der Waals surface area contributed by atoms with E-state index < -0.39 is 0 Å². The zero-order chi connectivity index (χ0) is 18.4. The minimum Gasteiger partial charge on any atom is -0.508 e. The number of rotatable bonds is 9. The number of fused-ring (bicyclic) bond motifs is 1. The first-order valence-electron chi connectivity index (χ1n) is 9.90. The molecule has 0 unspecified atom stereocenters. The molecular formula is C22H29N3O. The van der Waals surface area contributed by atoms with E-state index in [1.54, 1.807) is 4.80 Å². The van der Waals surface area contributed by atoms with Gasteiger partial charge in [-0.1, -0.05) is 57.7 Å². The molecule has 3 aromatic rings. The van der Waals surface area contributed by atoms with Crippen LogP contribution < -0.4 is 0 Å². The minimum atomic E-state index is 0.358. The number of nitrogens with zero attached hydrogens (tertiary/aromatic N) is 3. The van der Waals surface area contributed by atoms with E-state index >= 15 is 0 Å². The number of aryl methyl sites for hydroxylation is 1. The van der Waals surface area contributed by atoms with Crippen LogP contribution in [0.3, 0.4) is 0 Å². The van der Waals surface area contributed by atoms with Crippen LogP contribution in [0.5, 0.6) is 5.75 Å². The van der Waals surface area contributed by atoms with Crippen molar-refractivity contribution in [2.24, 2.45) is 0 Å². The molecule has 0 fully saturated rings. The van der Waals surface area contributed by atoms with Gasteiger partial charge in [-0.25, -0.2) is 0 Å². The molecule has 0 saturated heterocycles. The largest absolute Gasteiger partial charge is 0.508 e. The Labute approximate surface area is 155 Å². The molecule has 0 aliphatic heterocycles. The zero-order valence-corrected chi connectivity index (χ0v) is 15.9. The van der Waals surface area contributed by atoms with Crippen LogP contribution in [0.1, 0.15) is 63.5 Å². The van der Waals surface area contributed by atoms with Gasteiger partial charge in [0.2, 0.25) is 0 Å². The van der Waals surface area contributed by atoms with Gasteiger partial charge in [0.15, 0.2) is 0 Å². The van der Waals surface area contributed by atoms with Crippen molar-refractivity contribution in [3.63, 3.8) is 0 Å². The Hall–Kier alpha value is -2.36.